The van der Waals surface area contributed by atoms with E-state index in [4.69, 9.17) is 4.18 Å². The third-order valence-corrected chi connectivity index (χ3v) is 4.79. The summed E-state index contributed by atoms with van der Waals surface area (Å²) in [6.45, 7) is 5.97. The van der Waals surface area contributed by atoms with E-state index in [-0.39, 0.29) is 16.9 Å². The quantitative estimate of drug-likeness (QED) is 0.796. The van der Waals surface area contributed by atoms with Crippen molar-refractivity contribution >= 4 is 21.5 Å². The second-order valence-electron chi connectivity index (χ2n) is 5.78. The number of thiophene rings is 1. The minimum Gasteiger partial charge on any atom is -0.266 e. The summed E-state index contributed by atoms with van der Waals surface area (Å²) in [7, 11) is -3.68. The second-order valence-corrected chi connectivity index (χ2v) is 8.34. The molecule has 0 saturated carbocycles. The molecule has 0 fully saturated rings. The Labute approximate surface area is 124 Å². The molecule has 5 heteroatoms. The molecule has 0 aliphatic carbocycles. The summed E-state index contributed by atoms with van der Waals surface area (Å²) >= 11 is 1.62. The Morgan fingerprint density at radius 2 is 1.75 bits per heavy atom. The molecule has 1 aromatic carbocycles. The van der Waals surface area contributed by atoms with Gasteiger partial charge in [0.1, 0.15) is 0 Å². The summed E-state index contributed by atoms with van der Waals surface area (Å²) in [5.74, 6) is 0. The molecular formula is C15H18O3S2. The molecule has 2 rings (SSSR count). The Bertz CT molecular complexity index is 648. The fraction of sp³-hybridized carbons (Fsp3) is 0.333. The molecule has 0 N–H and O–H groups in total. The molecule has 0 aliphatic rings. The van der Waals surface area contributed by atoms with Crippen molar-refractivity contribution in [3.63, 3.8) is 0 Å². The van der Waals surface area contributed by atoms with Crippen LogP contribution >= 0.6 is 11.3 Å². The molecule has 0 saturated heterocycles. The van der Waals surface area contributed by atoms with Gasteiger partial charge in [0.05, 0.1) is 11.5 Å². The lowest BCUT2D eigenvalue weighted by Crippen LogP contribution is -2.18. The van der Waals surface area contributed by atoms with Crippen molar-refractivity contribution < 1.29 is 12.6 Å². The van der Waals surface area contributed by atoms with Crippen LogP contribution in [-0.2, 0) is 14.3 Å². The first-order valence-corrected chi connectivity index (χ1v) is 8.60. The van der Waals surface area contributed by atoms with Gasteiger partial charge in [-0.15, -0.1) is 11.3 Å². The summed E-state index contributed by atoms with van der Waals surface area (Å²) in [5.41, 5.74) is 0.819. The predicted molar refractivity (Wildman–Crippen MR) is 82.3 cm³/mol. The topological polar surface area (TPSA) is 43.4 Å². The summed E-state index contributed by atoms with van der Waals surface area (Å²) in [4.78, 5) is 1.31. The standard InChI is InChI=1S/C15H18O3S2/c1-15(2,3)11-18-20(16,17)13-8-6-12(7-9-13)14-5-4-10-19-14/h4-10H,11H2,1-3H3. The fourth-order valence-electron chi connectivity index (χ4n) is 1.55. The van der Waals surface area contributed by atoms with Crippen molar-refractivity contribution in [3.8, 4) is 10.4 Å². The summed E-state index contributed by atoms with van der Waals surface area (Å²) < 4.78 is 29.2. The average Bonchev–Trinajstić information content (AvgIpc) is 2.90. The fourth-order valence-corrected chi connectivity index (χ4v) is 3.40. The monoisotopic (exact) mass is 310 g/mol. The number of hydrogen-bond acceptors (Lipinski definition) is 4. The SMILES string of the molecule is CC(C)(C)COS(=O)(=O)c1ccc(-c2cccs2)cc1. The van der Waals surface area contributed by atoms with Gasteiger partial charge in [-0.3, -0.25) is 4.18 Å². The van der Waals surface area contributed by atoms with Crippen molar-refractivity contribution in [3.05, 3.63) is 41.8 Å². The smallest absolute Gasteiger partial charge is 0.266 e. The first-order chi connectivity index (χ1) is 9.28. The molecule has 0 bridgehead atoms. The van der Waals surface area contributed by atoms with E-state index in [9.17, 15) is 8.42 Å². The third kappa shape index (κ3) is 3.91. The Hall–Kier alpha value is -1.17. The summed E-state index contributed by atoms with van der Waals surface area (Å²) in [6, 6.07) is 10.8. The lowest BCUT2D eigenvalue weighted by atomic mass is 9.99. The van der Waals surface area contributed by atoms with E-state index < -0.39 is 10.1 Å². The molecule has 1 heterocycles. The molecule has 1 aromatic heterocycles. The predicted octanol–water partition coefficient (Wildman–Crippen LogP) is 4.17. The van der Waals surface area contributed by atoms with E-state index in [1.54, 1.807) is 35.6 Å². The van der Waals surface area contributed by atoms with E-state index in [2.05, 4.69) is 0 Å². The molecule has 20 heavy (non-hydrogen) atoms. The first-order valence-electron chi connectivity index (χ1n) is 6.31. The van der Waals surface area contributed by atoms with Crippen LogP contribution in [0.4, 0.5) is 0 Å². The van der Waals surface area contributed by atoms with E-state index in [1.165, 1.54) is 0 Å². The molecule has 0 amide bonds. The molecule has 0 spiro atoms. The van der Waals surface area contributed by atoms with Gasteiger partial charge in [-0.05, 0) is 34.6 Å². The zero-order valence-electron chi connectivity index (χ0n) is 11.8. The summed E-state index contributed by atoms with van der Waals surface area (Å²) in [6.07, 6.45) is 0. The highest BCUT2D eigenvalue weighted by molar-refractivity contribution is 7.86. The maximum absolute atomic E-state index is 12.1. The van der Waals surface area contributed by atoms with E-state index in [0.717, 1.165) is 10.4 Å². The maximum atomic E-state index is 12.1. The van der Waals surface area contributed by atoms with Gasteiger partial charge in [-0.2, -0.15) is 8.42 Å². The van der Waals surface area contributed by atoms with Gasteiger partial charge in [0.25, 0.3) is 10.1 Å². The van der Waals surface area contributed by atoms with Crippen LogP contribution in [0, 0.1) is 5.41 Å². The van der Waals surface area contributed by atoms with Gasteiger partial charge in [-0.1, -0.05) is 39.0 Å². The molecule has 0 atom stereocenters. The Morgan fingerprint density at radius 3 is 2.25 bits per heavy atom. The van der Waals surface area contributed by atoms with Crippen molar-refractivity contribution in [2.45, 2.75) is 25.7 Å². The van der Waals surface area contributed by atoms with Gasteiger partial charge in [0, 0.05) is 4.88 Å². The van der Waals surface area contributed by atoms with Crippen molar-refractivity contribution in [1.82, 2.24) is 0 Å². The molecule has 0 radical (unpaired) electrons. The van der Waals surface area contributed by atoms with E-state index in [0.29, 0.717) is 0 Å². The van der Waals surface area contributed by atoms with Crippen LogP contribution in [0.3, 0.4) is 0 Å². The lowest BCUT2D eigenvalue weighted by Gasteiger charge is -2.17. The normalized spacial score (nSPS) is 12.6. The highest BCUT2D eigenvalue weighted by Crippen LogP contribution is 2.26. The first kappa shape index (κ1) is 15.2. The van der Waals surface area contributed by atoms with Gasteiger partial charge >= 0.3 is 0 Å². The molecule has 0 aliphatic heterocycles. The molecule has 108 valence electrons. The van der Waals surface area contributed by atoms with Gasteiger partial charge in [-0.25, -0.2) is 0 Å². The maximum Gasteiger partial charge on any atom is 0.296 e. The molecule has 0 unspecified atom stereocenters. The van der Waals surface area contributed by atoms with Crippen LogP contribution < -0.4 is 0 Å². The van der Waals surface area contributed by atoms with Crippen LogP contribution in [0.15, 0.2) is 46.7 Å². The highest BCUT2D eigenvalue weighted by atomic mass is 32.2. The van der Waals surface area contributed by atoms with Crippen molar-refractivity contribution in [2.75, 3.05) is 6.61 Å². The average molecular weight is 310 g/mol. The summed E-state index contributed by atoms with van der Waals surface area (Å²) in [5, 5.41) is 1.99. The van der Waals surface area contributed by atoms with Crippen molar-refractivity contribution in [1.29, 1.82) is 0 Å². The third-order valence-electron chi connectivity index (χ3n) is 2.60. The van der Waals surface area contributed by atoms with Gasteiger partial charge < -0.3 is 0 Å². The van der Waals surface area contributed by atoms with Gasteiger partial charge in [0.15, 0.2) is 0 Å². The Morgan fingerprint density at radius 1 is 1.10 bits per heavy atom. The number of hydrogen-bond donors (Lipinski definition) is 0. The Balaban J connectivity index is 2.17. The minimum atomic E-state index is -3.68. The van der Waals surface area contributed by atoms with E-state index >= 15 is 0 Å². The Kier molecular flexibility index (Phi) is 4.32. The lowest BCUT2D eigenvalue weighted by molar-refractivity contribution is 0.203. The van der Waals surface area contributed by atoms with Gasteiger partial charge in [0.2, 0.25) is 0 Å². The minimum absolute atomic E-state index is 0.169. The molecule has 3 nitrogen and oxygen atoms in total. The van der Waals surface area contributed by atoms with Crippen LogP contribution in [0.25, 0.3) is 10.4 Å². The van der Waals surface area contributed by atoms with Crippen LogP contribution in [0.2, 0.25) is 0 Å². The molecular weight excluding hydrogens is 292 g/mol. The molecule has 2 aromatic rings. The zero-order valence-corrected chi connectivity index (χ0v) is 13.4. The second kappa shape index (κ2) is 5.68. The zero-order chi connectivity index (χ0) is 14.8. The van der Waals surface area contributed by atoms with Crippen molar-refractivity contribution in [2.24, 2.45) is 5.41 Å². The highest BCUT2D eigenvalue weighted by Gasteiger charge is 2.20. The van der Waals surface area contributed by atoms with Crippen LogP contribution in [0.5, 0.6) is 0 Å². The van der Waals surface area contributed by atoms with E-state index in [1.807, 2.05) is 38.3 Å². The number of rotatable bonds is 4. The largest absolute Gasteiger partial charge is 0.296 e. The van der Waals surface area contributed by atoms with Crippen LogP contribution in [-0.4, -0.2) is 15.0 Å². The van der Waals surface area contributed by atoms with Crippen LogP contribution in [0.1, 0.15) is 20.8 Å². The number of benzene rings is 1.